The molecule has 102 valence electrons. The Kier molecular flexibility index (Phi) is 6.45. The highest BCUT2D eigenvalue weighted by atomic mass is 32.2. The second kappa shape index (κ2) is 7.60. The van der Waals surface area contributed by atoms with Gasteiger partial charge in [0.2, 0.25) is 10.0 Å². The molecule has 2 N–H and O–H groups in total. The average Bonchev–Trinajstić information content (AvgIpc) is 2.36. The van der Waals surface area contributed by atoms with Gasteiger partial charge >= 0.3 is 0 Å². The number of rotatable bonds is 8. The monoisotopic (exact) mass is 289 g/mol. The first kappa shape index (κ1) is 15.3. The number of pyridine rings is 1. The zero-order valence-corrected chi connectivity index (χ0v) is 12.3. The van der Waals surface area contributed by atoms with E-state index >= 15 is 0 Å². The number of nitrogens with one attached hydrogen (secondary N) is 2. The van der Waals surface area contributed by atoms with Crippen molar-refractivity contribution in [3.05, 3.63) is 18.3 Å². The van der Waals surface area contributed by atoms with Crippen molar-refractivity contribution < 1.29 is 8.42 Å². The zero-order chi connectivity index (χ0) is 13.4. The molecule has 1 aromatic heterocycles. The molecule has 0 saturated carbocycles. The van der Waals surface area contributed by atoms with E-state index in [1.165, 1.54) is 0 Å². The minimum atomic E-state index is -3.48. The molecule has 5 nitrogen and oxygen atoms in total. The average molecular weight is 289 g/mol. The Hall–Kier alpha value is -0.790. The van der Waals surface area contributed by atoms with Gasteiger partial charge < -0.3 is 5.32 Å². The number of anilines is 1. The number of thioether (sulfide) groups is 1. The van der Waals surface area contributed by atoms with Gasteiger partial charge in [0.05, 0.1) is 0 Å². The van der Waals surface area contributed by atoms with Crippen LogP contribution in [0.5, 0.6) is 0 Å². The Labute approximate surface area is 113 Å². The highest BCUT2D eigenvalue weighted by Gasteiger charge is 2.18. The summed E-state index contributed by atoms with van der Waals surface area (Å²) in [4.78, 5) is 4.25. The van der Waals surface area contributed by atoms with Crippen molar-refractivity contribution in [2.24, 2.45) is 0 Å². The van der Waals surface area contributed by atoms with Crippen LogP contribution in [0, 0.1) is 0 Å². The molecule has 1 rings (SSSR count). The van der Waals surface area contributed by atoms with Crippen molar-refractivity contribution in [3.63, 3.8) is 0 Å². The Balaban J connectivity index is 2.77. The van der Waals surface area contributed by atoms with Crippen LogP contribution >= 0.6 is 11.8 Å². The first-order valence-corrected chi connectivity index (χ1v) is 8.67. The first-order valence-electron chi connectivity index (χ1n) is 5.79. The van der Waals surface area contributed by atoms with Crippen LogP contribution in [0.25, 0.3) is 0 Å². The van der Waals surface area contributed by atoms with Crippen molar-refractivity contribution in [1.82, 2.24) is 9.71 Å². The van der Waals surface area contributed by atoms with Crippen LogP contribution in [0.1, 0.15) is 13.3 Å². The van der Waals surface area contributed by atoms with Gasteiger partial charge in [-0.15, -0.1) is 0 Å². The first-order chi connectivity index (χ1) is 8.61. The second-order valence-corrected chi connectivity index (χ2v) is 6.35. The lowest BCUT2D eigenvalue weighted by Crippen LogP contribution is -2.26. The number of aromatic nitrogens is 1. The predicted molar refractivity (Wildman–Crippen MR) is 76.6 cm³/mol. The number of nitrogens with zero attached hydrogens (tertiary/aromatic N) is 1. The predicted octanol–water partition coefficient (Wildman–Crippen LogP) is 1.54. The van der Waals surface area contributed by atoms with Crippen LogP contribution in [-0.2, 0) is 10.0 Å². The lowest BCUT2D eigenvalue weighted by molar-refractivity contribution is 0.581. The summed E-state index contributed by atoms with van der Waals surface area (Å²) < 4.78 is 26.8. The molecule has 18 heavy (non-hydrogen) atoms. The summed E-state index contributed by atoms with van der Waals surface area (Å²) in [6.45, 7) is 2.98. The summed E-state index contributed by atoms with van der Waals surface area (Å²) in [6.07, 6.45) is 4.39. The van der Waals surface area contributed by atoms with Crippen molar-refractivity contribution >= 4 is 27.6 Å². The van der Waals surface area contributed by atoms with Gasteiger partial charge in [-0.3, -0.25) is 0 Å². The van der Waals surface area contributed by atoms with Crippen molar-refractivity contribution in [3.8, 4) is 0 Å². The van der Waals surface area contributed by atoms with E-state index in [4.69, 9.17) is 0 Å². The molecule has 0 fully saturated rings. The van der Waals surface area contributed by atoms with E-state index in [9.17, 15) is 8.42 Å². The summed E-state index contributed by atoms with van der Waals surface area (Å²) in [6, 6.07) is 3.18. The molecule has 0 saturated heterocycles. The van der Waals surface area contributed by atoms with E-state index in [1.54, 1.807) is 30.1 Å². The fourth-order valence-corrected chi connectivity index (χ4v) is 3.05. The van der Waals surface area contributed by atoms with Gasteiger partial charge in [0.15, 0.2) is 0 Å². The minimum Gasteiger partial charge on any atom is -0.369 e. The minimum absolute atomic E-state index is 0.205. The van der Waals surface area contributed by atoms with Gasteiger partial charge in [-0.25, -0.2) is 18.1 Å². The fraction of sp³-hybridized carbons (Fsp3) is 0.545. The van der Waals surface area contributed by atoms with Crippen LogP contribution in [-0.4, -0.2) is 38.5 Å². The molecule has 0 unspecified atom stereocenters. The molecule has 0 radical (unpaired) electrons. The number of hydrogen-bond acceptors (Lipinski definition) is 5. The molecule has 7 heteroatoms. The summed E-state index contributed by atoms with van der Waals surface area (Å²) in [7, 11) is -3.48. The van der Waals surface area contributed by atoms with Crippen molar-refractivity contribution in [2.75, 3.05) is 30.4 Å². The quantitative estimate of drug-likeness (QED) is 0.710. The van der Waals surface area contributed by atoms with Gasteiger partial charge in [-0.1, -0.05) is 0 Å². The normalized spacial score (nSPS) is 11.4. The highest BCUT2D eigenvalue weighted by molar-refractivity contribution is 7.98. The smallest absolute Gasteiger partial charge is 0.244 e. The van der Waals surface area contributed by atoms with Gasteiger partial charge in [-0.2, -0.15) is 11.8 Å². The summed E-state index contributed by atoms with van der Waals surface area (Å²) in [5, 5.41) is 2.95. The Morgan fingerprint density at radius 3 is 2.89 bits per heavy atom. The topological polar surface area (TPSA) is 71.1 Å². The van der Waals surface area contributed by atoms with Gasteiger partial charge in [0.1, 0.15) is 10.7 Å². The lowest BCUT2D eigenvalue weighted by Gasteiger charge is -2.10. The SMILES string of the molecule is CCNc1ncccc1S(=O)(=O)NCCCSC. The third-order valence-corrected chi connectivity index (χ3v) is 4.41. The molecule has 1 heterocycles. The van der Waals surface area contributed by atoms with Gasteiger partial charge in [0.25, 0.3) is 0 Å². The molecule has 0 aromatic carbocycles. The molecule has 0 aliphatic carbocycles. The maximum atomic E-state index is 12.1. The highest BCUT2D eigenvalue weighted by Crippen LogP contribution is 2.17. The zero-order valence-electron chi connectivity index (χ0n) is 10.6. The van der Waals surface area contributed by atoms with Gasteiger partial charge in [0, 0.05) is 19.3 Å². The molecular weight excluding hydrogens is 270 g/mol. The third kappa shape index (κ3) is 4.47. The largest absolute Gasteiger partial charge is 0.369 e. The van der Waals surface area contributed by atoms with Crippen LogP contribution in [0.15, 0.2) is 23.2 Å². The van der Waals surface area contributed by atoms with E-state index in [-0.39, 0.29) is 4.90 Å². The Morgan fingerprint density at radius 2 is 2.22 bits per heavy atom. The fourth-order valence-electron chi connectivity index (χ4n) is 1.41. The Morgan fingerprint density at radius 1 is 1.44 bits per heavy atom. The molecule has 0 amide bonds. The molecule has 0 bridgehead atoms. The molecule has 0 aliphatic rings. The third-order valence-electron chi connectivity index (χ3n) is 2.22. The van der Waals surface area contributed by atoms with E-state index < -0.39 is 10.0 Å². The molecule has 0 atom stereocenters. The van der Waals surface area contributed by atoms with Crippen LogP contribution in [0.3, 0.4) is 0 Å². The van der Waals surface area contributed by atoms with Crippen LogP contribution in [0.4, 0.5) is 5.82 Å². The van der Waals surface area contributed by atoms with Crippen molar-refractivity contribution in [1.29, 1.82) is 0 Å². The molecular formula is C11H19N3O2S2. The number of hydrogen-bond donors (Lipinski definition) is 2. The maximum Gasteiger partial charge on any atom is 0.244 e. The van der Waals surface area contributed by atoms with Gasteiger partial charge in [-0.05, 0) is 37.5 Å². The lowest BCUT2D eigenvalue weighted by atomic mass is 10.4. The molecule has 0 aliphatic heterocycles. The summed E-state index contributed by atoms with van der Waals surface area (Å²) in [5.74, 6) is 1.34. The Bertz CT molecular complexity index is 463. The summed E-state index contributed by atoms with van der Waals surface area (Å²) in [5.41, 5.74) is 0. The summed E-state index contributed by atoms with van der Waals surface area (Å²) >= 11 is 1.70. The van der Waals surface area contributed by atoms with Crippen LogP contribution in [0.2, 0.25) is 0 Å². The van der Waals surface area contributed by atoms with Crippen LogP contribution < -0.4 is 10.0 Å². The van der Waals surface area contributed by atoms with E-state index in [2.05, 4.69) is 15.0 Å². The van der Waals surface area contributed by atoms with E-state index in [1.807, 2.05) is 13.2 Å². The molecule has 0 spiro atoms. The maximum absolute atomic E-state index is 12.1. The van der Waals surface area contributed by atoms with E-state index in [0.29, 0.717) is 18.9 Å². The number of sulfonamides is 1. The van der Waals surface area contributed by atoms with E-state index in [0.717, 1.165) is 12.2 Å². The van der Waals surface area contributed by atoms with Crippen molar-refractivity contribution in [2.45, 2.75) is 18.2 Å². The second-order valence-electron chi connectivity index (χ2n) is 3.62. The standard InChI is InChI=1S/C11H19N3O2S2/c1-3-12-11-10(6-4-7-13-11)18(15,16)14-8-5-9-17-2/h4,6-7,14H,3,5,8-9H2,1-2H3,(H,12,13). The molecule has 1 aromatic rings.